The Morgan fingerprint density at radius 2 is 1.47 bits per heavy atom. The average molecular weight is 464 g/mol. The summed E-state index contributed by atoms with van der Waals surface area (Å²) in [6, 6.07) is 13.0. The third-order valence-corrected chi connectivity index (χ3v) is 5.65. The van der Waals surface area contributed by atoms with Gasteiger partial charge in [0.2, 0.25) is 0 Å². The number of hydrogen-bond acceptors (Lipinski definition) is 5. The molecule has 1 aliphatic heterocycles. The number of methoxy groups -OCH3 is 2. The van der Waals surface area contributed by atoms with E-state index in [2.05, 4.69) is 5.32 Å². The van der Waals surface area contributed by atoms with Crippen LogP contribution in [0.3, 0.4) is 0 Å². The van der Waals surface area contributed by atoms with Gasteiger partial charge in [0, 0.05) is 30.0 Å². The van der Waals surface area contributed by atoms with Crippen molar-refractivity contribution in [3.8, 4) is 11.5 Å². The van der Waals surface area contributed by atoms with E-state index in [-0.39, 0.29) is 17.0 Å². The van der Waals surface area contributed by atoms with Crippen LogP contribution in [0.25, 0.3) is 5.57 Å². The van der Waals surface area contributed by atoms with Gasteiger partial charge in [-0.3, -0.25) is 9.59 Å². The first kappa shape index (κ1) is 23.0. The van der Waals surface area contributed by atoms with Crippen molar-refractivity contribution in [1.29, 1.82) is 0 Å². The number of amides is 2. The van der Waals surface area contributed by atoms with Crippen LogP contribution < -0.4 is 19.7 Å². The third-order valence-electron chi connectivity index (χ3n) is 5.65. The van der Waals surface area contributed by atoms with Crippen molar-refractivity contribution in [3.05, 3.63) is 88.6 Å². The van der Waals surface area contributed by atoms with E-state index in [0.29, 0.717) is 33.7 Å². The molecule has 0 spiro atoms. The lowest BCUT2D eigenvalue weighted by molar-refractivity contribution is -0.120. The lowest BCUT2D eigenvalue weighted by Crippen LogP contribution is -2.33. The first-order chi connectivity index (χ1) is 16.2. The van der Waals surface area contributed by atoms with Gasteiger partial charge in [-0.25, -0.2) is 13.7 Å². The molecule has 1 aliphatic rings. The van der Waals surface area contributed by atoms with Crippen molar-refractivity contribution in [2.45, 2.75) is 13.8 Å². The molecule has 0 aromatic heterocycles. The number of hydrogen-bond donors (Lipinski definition) is 1. The van der Waals surface area contributed by atoms with Gasteiger partial charge in [0.25, 0.3) is 11.8 Å². The molecule has 0 saturated heterocycles. The molecule has 0 bridgehead atoms. The predicted octanol–water partition coefficient (Wildman–Crippen LogP) is 5.00. The monoisotopic (exact) mass is 464 g/mol. The number of benzene rings is 3. The Morgan fingerprint density at radius 3 is 2.06 bits per heavy atom. The van der Waals surface area contributed by atoms with Gasteiger partial charge in [0.1, 0.15) is 28.8 Å². The summed E-state index contributed by atoms with van der Waals surface area (Å²) < 4.78 is 38.6. The standard InChI is InChI=1S/C26H22F2N2O4/c1-14-5-6-16(9-15(14)2)23-24(29-18-11-19(33-3)13-20(12-18)34-4)26(32)30(25(23)31)22-8-7-17(27)10-21(22)28/h5-13,29H,1-4H3. The number of carbonyl (C=O) groups excluding carboxylic acids is 2. The zero-order valence-electron chi connectivity index (χ0n) is 19.0. The summed E-state index contributed by atoms with van der Waals surface area (Å²) in [7, 11) is 2.98. The second-order valence-corrected chi connectivity index (χ2v) is 7.82. The van der Waals surface area contributed by atoms with E-state index in [0.717, 1.165) is 23.3 Å². The molecule has 174 valence electrons. The van der Waals surface area contributed by atoms with E-state index < -0.39 is 23.4 Å². The van der Waals surface area contributed by atoms with Gasteiger partial charge in [-0.2, -0.15) is 0 Å². The Bertz CT molecular complexity index is 1330. The van der Waals surface area contributed by atoms with Crippen LogP contribution in [-0.2, 0) is 9.59 Å². The Labute approximate surface area is 195 Å². The Hall–Kier alpha value is -4.20. The van der Waals surface area contributed by atoms with E-state index in [4.69, 9.17) is 9.47 Å². The fourth-order valence-corrected chi connectivity index (χ4v) is 3.72. The van der Waals surface area contributed by atoms with Gasteiger partial charge in [0.15, 0.2) is 0 Å². The molecule has 8 heteroatoms. The summed E-state index contributed by atoms with van der Waals surface area (Å²) >= 11 is 0. The third kappa shape index (κ3) is 4.10. The fourth-order valence-electron chi connectivity index (χ4n) is 3.72. The fraction of sp³-hybridized carbons (Fsp3) is 0.154. The normalized spacial score (nSPS) is 13.5. The first-order valence-electron chi connectivity index (χ1n) is 10.4. The summed E-state index contributed by atoms with van der Waals surface area (Å²) in [5.41, 5.74) is 2.52. The number of halogens is 2. The van der Waals surface area contributed by atoms with E-state index in [1.54, 1.807) is 30.3 Å². The number of nitrogens with zero attached hydrogens (tertiary/aromatic N) is 1. The van der Waals surface area contributed by atoms with Gasteiger partial charge in [-0.15, -0.1) is 0 Å². The summed E-state index contributed by atoms with van der Waals surface area (Å²) in [6.45, 7) is 3.81. The molecular formula is C26H22F2N2O4. The van der Waals surface area contributed by atoms with Gasteiger partial charge in [0.05, 0.1) is 25.5 Å². The summed E-state index contributed by atoms with van der Waals surface area (Å²) in [5, 5.41) is 2.99. The lowest BCUT2D eigenvalue weighted by Gasteiger charge is -2.16. The van der Waals surface area contributed by atoms with Crippen LogP contribution in [0.15, 0.2) is 60.3 Å². The maximum atomic E-state index is 14.6. The van der Waals surface area contributed by atoms with Gasteiger partial charge in [-0.1, -0.05) is 18.2 Å². The smallest absolute Gasteiger partial charge is 0.282 e. The van der Waals surface area contributed by atoms with Gasteiger partial charge < -0.3 is 14.8 Å². The largest absolute Gasteiger partial charge is 0.497 e. The molecule has 6 nitrogen and oxygen atoms in total. The van der Waals surface area contributed by atoms with Crippen LogP contribution >= 0.6 is 0 Å². The van der Waals surface area contributed by atoms with Crippen molar-refractivity contribution in [1.82, 2.24) is 0 Å². The molecule has 4 rings (SSSR count). The topological polar surface area (TPSA) is 67.9 Å². The van der Waals surface area contributed by atoms with E-state index in [9.17, 15) is 18.4 Å². The van der Waals surface area contributed by atoms with Crippen molar-refractivity contribution < 1.29 is 27.8 Å². The highest BCUT2D eigenvalue weighted by Gasteiger charge is 2.41. The van der Waals surface area contributed by atoms with Crippen LogP contribution in [0.1, 0.15) is 16.7 Å². The molecule has 1 heterocycles. The van der Waals surface area contributed by atoms with Crippen LogP contribution in [0.5, 0.6) is 11.5 Å². The summed E-state index contributed by atoms with van der Waals surface area (Å²) in [4.78, 5) is 27.7. The van der Waals surface area contributed by atoms with E-state index in [1.165, 1.54) is 14.2 Å². The highest BCUT2D eigenvalue weighted by atomic mass is 19.1. The Balaban J connectivity index is 1.87. The zero-order valence-corrected chi connectivity index (χ0v) is 19.0. The van der Waals surface area contributed by atoms with Crippen molar-refractivity contribution >= 4 is 28.8 Å². The van der Waals surface area contributed by atoms with Gasteiger partial charge in [-0.05, 0) is 42.7 Å². The van der Waals surface area contributed by atoms with Crippen LogP contribution in [0.4, 0.5) is 20.2 Å². The minimum Gasteiger partial charge on any atom is -0.497 e. The van der Waals surface area contributed by atoms with Crippen LogP contribution in [0.2, 0.25) is 0 Å². The van der Waals surface area contributed by atoms with Crippen molar-refractivity contribution in [2.24, 2.45) is 0 Å². The van der Waals surface area contributed by atoms with Crippen molar-refractivity contribution in [2.75, 3.05) is 24.4 Å². The Morgan fingerprint density at radius 1 is 0.794 bits per heavy atom. The number of carbonyl (C=O) groups is 2. The highest BCUT2D eigenvalue weighted by Crippen LogP contribution is 2.36. The molecule has 0 radical (unpaired) electrons. The number of nitrogens with one attached hydrogen (secondary N) is 1. The van der Waals surface area contributed by atoms with Crippen molar-refractivity contribution in [3.63, 3.8) is 0 Å². The molecule has 34 heavy (non-hydrogen) atoms. The minimum absolute atomic E-state index is 0.0488. The minimum atomic E-state index is -1.02. The number of rotatable bonds is 6. The molecule has 1 N–H and O–H groups in total. The number of imide groups is 1. The highest BCUT2D eigenvalue weighted by molar-refractivity contribution is 6.46. The summed E-state index contributed by atoms with van der Waals surface area (Å²) in [6.07, 6.45) is 0. The number of aryl methyl sites for hydroxylation is 2. The molecule has 0 saturated carbocycles. The second-order valence-electron chi connectivity index (χ2n) is 7.82. The predicted molar refractivity (Wildman–Crippen MR) is 125 cm³/mol. The van der Waals surface area contributed by atoms with E-state index >= 15 is 0 Å². The molecule has 3 aromatic carbocycles. The van der Waals surface area contributed by atoms with Gasteiger partial charge >= 0.3 is 0 Å². The number of anilines is 2. The lowest BCUT2D eigenvalue weighted by atomic mass is 9.99. The zero-order chi connectivity index (χ0) is 24.6. The molecule has 0 aliphatic carbocycles. The molecule has 0 atom stereocenters. The Kier molecular flexibility index (Phi) is 6.06. The number of ether oxygens (including phenoxy) is 2. The molecule has 2 amide bonds. The molecular weight excluding hydrogens is 442 g/mol. The SMILES string of the molecule is COc1cc(NC2=C(c3ccc(C)c(C)c3)C(=O)N(c3ccc(F)cc3F)C2=O)cc(OC)c1. The van der Waals surface area contributed by atoms with Crippen LogP contribution in [0, 0.1) is 25.5 Å². The molecule has 0 fully saturated rings. The van der Waals surface area contributed by atoms with Crippen LogP contribution in [-0.4, -0.2) is 26.0 Å². The maximum Gasteiger partial charge on any atom is 0.282 e. The quantitative estimate of drug-likeness (QED) is 0.521. The maximum absolute atomic E-state index is 14.6. The average Bonchev–Trinajstić information content (AvgIpc) is 3.05. The second kappa shape index (κ2) is 8.97. The first-order valence-corrected chi connectivity index (χ1v) is 10.4. The van der Waals surface area contributed by atoms with E-state index in [1.807, 2.05) is 19.9 Å². The molecule has 3 aromatic rings. The summed E-state index contributed by atoms with van der Waals surface area (Å²) in [5.74, 6) is -2.40. The molecule has 0 unspecified atom stereocenters.